The molecule has 2 aliphatic heterocycles. The minimum Gasteiger partial charge on any atom is -0.334 e. The average molecular weight is 496 g/mol. The SMILES string of the molecule is O=C(c1ccccc1F)N1CC2CCN(Cc3c(-c4ccc(C5CC5)cc4)nc4ncccn34)CC1C2. The van der Waals surface area contributed by atoms with E-state index in [4.69, 9.17) is 4.98 Å². The van der Waals surface area contributed by atoms with Crippen molar-refractivity contribution in [2.24, 2.45) is 5.92 Å². The minimum atomic E-state index is -0.445. The van der Waals surface area contributed by atoms with Crippen molar-refractivity contribution in [1.82, 2.24) is 24.2 Å². The summed E-state index contributed by atoms with van der Waals surface area (Å²) >= 11 is 0. The smallest absolute Gasteiger partial charge is 0.257 e. The number of carbonyl (C=O) groups is 1. The van der Waals surface area contributed by atoms with Gasteiger partial charge in [0.25, 0.3) is 5.91 Å². The van der Waals surface area contributed by atoms with Crippen molar-refractivity contribution in [3.05, 3.63) is 89.6 Å². The Morgan fingerprint density at radius 3 is 2.65 bits per heavy atom. The minimum absolute atomic E-state index is 0.0817. The van der Waals surface area contributed by atoms with Crippen LogP contribution in [0.2, 0.25) is 0 Å². The van der Waals surface area contributed by atoms with E-state index in [1.165, 1.54) is 24.5 Å². The highest BCUT2D eigenvalue weighted by Gasteiger charge is 2.39. The standard InChI is InChI=1S/C30H30FN5O/c31-26-5-2-1-4-25(26)29(37)36-17-20-12-15-34(18-24(36)16-20)19-27-28(33-30-32-13-3-14-35(27)30)23-10-8-22(9-11-23)21-6-7-21/h1-5,8-11,13-14,20-21,24H,6-7,12,15-19H2. The molecule has 0 radical (unpaired) electrons. The third kappa shape index (κ3) is 4.21. The first-order valence-corrected chi connectivity index (χ1v) is 13.3. The van der Waals surface area contributed by atoms with Crippen LogP contribution < -0.4 is 0 Å². The third-order valence-corrected chi connectivity index (χ3v) is 8.30. The Hall–Kier alpha value is -3.58. The van der Waals surface area contributed by atoms with Crippen LogP contribution in [0, 0.1) is 11.7 Å². The van der Waals surface area contributed by atoms with Crippen LogP contribution in [0.1, 0.15) is 53.2 Å². The fraction of sp³-hybridized carbons (Fsp3) is 0.367. The molecule has 3 fully saturated rings. The van der Waals surface area contributed by atoms with Crippen molar-refractivity contribution in [3.63, 3.8) is 0 Å². The Kier molecular flexibility index (Phi) is 5.54. The first kappa shape index (κ1) is 22.6. The molecule has 4 heterocycles. The van der Waals surface area contributed by atoms with Crippen LogP contribution in [0.15, 0.2) is 67.0 Å². The zero-order chi connectivity index (χ0) is 24.9. The predicted molar refractivity (Wildman–Crippen MR) is 140 cm³/mol. The lowest BCUT2D eigenvalue weighted by atomic mass is 10.0. The van der Waals surface area contributed by atoms with E-state index >= 15 is 0 Å². The van der Waals surface area contributed by atoms with Crippen LogP contribution in [0.3, 0.4) is 0 Å². The molecule has 2 aromatic heterocycles. The van der Waals surface area contributed by atoms with Gasteiger partial charge in [-0.25, -0.2) is 14.4 Å². The quantitative estimate of drug-likeness (QED) is 0.384. The van der Waals surface area contributed by atoms with Crippen molar-refractivity contribution in [3.8, 4) is 11.3 Å². The maximum absolute atomic E-state index is 14.4. The van der Waals surface area contributed by atoms with Gasteiger partial charge in [0.05, 0.1) is 17.0 Å². The van der Waals surface area contributed by atoms with Crippen molar-refractivity contribution >= 4 is 11.7 Å². The van der Waals surface area contributed by atoms with E-state index in [1.807, 2.05) is 17.2 Å². The highest BCUT2D eigenvalue weighted by molar-refractivity contribution is 5.95. The topological polar surface area (TPSA) is 53.7 Å². The molecular weight excluding hydrogens is 465 g/mol. The Bertz CT molecular complexity index is 1460. The number of likely N-dealkylation sites (tertiary alicyclic amines) is 2. The normalized spacial score (nSPS) is 21.9. The second-order valence-corrected chi connectivity index (χ2v) is 10.8. The van der Waals surface area contributed by atoms with Gasteiger partial charge >= 0.3 is 0 Å². The van der Waals surface area contributed by atoms with Gasteiger partial charge in [0, 0.05) is 43.6 Å². The highest BCUT2D eigenvalue weighted by atomic mass is 19.1. The van der Waals surface area contributed by atoms with Gasteiger partial charge in [-0.05, 0) is 67.8 Å². The summed E-state index contributed by atoms with van der Waals surface area (Å²) < 4.78 is 16.5. The summed E-state index contributed by atoms with van der Waals surface area (Å²) in [4.78, 5) is 27.1. The molecule has 1 aliphatic carbocycles. The molecule has 7 heteroatoms. The highest BCUT2D eigenvalue weighted by Crippen LogP contribution is 2.40. The van der Waals surface area contributed by atoms with Crippen LogP contribution in [-0.4, -0.2) is 55.8 Å². The van der Waals surface area contributed by atoms with Gasteiger partial charge < -0.3 is 4.90 Å². The third-order valence-electron chi connectivity index (χ3n) is 8.30. The molecule has 0 spiro atoms. The van der Waals surface area contributed by atoms with Crippen molar-refractivity contribution in [2.45, 2.75) is 44.2 Å². The summed E-state index contributed by atoms with van der Waals surface area (Å²) in [5.41, 5.74) is 4.78. The zero-order valence-electron chi connectivity index (χ0n) is 20.8. The molecule has 2 bridgehead atoms. The van der Waals surface area contributed by atoms with Crippen LogP contribution in [0.5, 0.6) is 0 Å². The number of benzene rings is 2. The lowest BCUT2D eigenvalue weighted by Gasteiger charge is -2.32. The fourth-order valence-corrected chi connectivity index (χ4v) is 6.19. The summed E-state index contributed by atoms with van der Waals surface area (Å²) in [5, 5.41) is 0. The number of rotatable bonds is 5. The Labute approximate surface area is 215 Å². The lowest BCUT2D eigenvalue weighted by molar-refractivity contribution is 0.0671. The van der Waals surface area contributed by atoms with Gasteiger partial charge in [0.15, 0.2) is 0 Å². The summed E-state index contributed by atoms with van der Waals surface area (Å²) in [5.74, 6) is 1.23. The summed E-state index contributed by atoms with van der Waals surface area (Å²) in [6, 6.07) is 17.2. The second-order valence-electron chi connectivity index (χ2n) is 10.8. The van der Waals surface area contributed by atoms with E-state index in [2.05, 4.69) is 38.6 Å². The zero-order valence-corrected chi connectivity index (χ0v) is 20.8. The molecule has 188 valence electrons. The molecule has 1 saturated carbocycles. The van der Waals surface area contributed by atoms with E-state index in [1.54, 1.807) is 24.4 Å². The second kappa shape index (κ2) is 9.06. The molecule has 7 rings (SSSR count). The van der Waals surface area contributed by atoms with Gasteiger partial charge in [0.1, 0.15) is 5.82 Å². The number of amides is 1. The molecule has 2 aromatic carbocycles. The average Bonchev–Trinajstić information content (AvgIpc) is 3.64. The van der Waals surface area contributed by atoms with Gasteiger partial charge in [-0.1, -0.05) is 36.4 Å². The van der Waals surface area contributed by atoms with Gasteiger partial charge in [-0.3, -0.25) is 14.1 Å². The number of hydrogen-bond donors (Lipinski definition) is 0. The number of hydrogen-bond acceptors (Lipinski definition) is 4. The molecule has 2 unspecified atom stereocenters. The first-order valence-electron chi connectivity index (χ1n) is 13.3. The molecule has 2 atom stereocenters. The van der Waals surface area contributed by atoms with Gasteiger partial charge in [-0.2, -0.15) is 0 Å². The van der Waals surface area contributed by atoms with Gasteiger partial charge in [0.2, 0.25) is 5.78 Å². The maximum atomic E-state index is 14.4. The van der Waals surface area contributed by atoms with Crippen LogP contribution in [0.4, 0.5) is 4.39 Å². The molecule has 0 N–H and O–H groups in total. The van der Waals surface area contributed by atoms with Crippen LogP contribution in [0.25, 0.3) is 17.0 Å². The Morgan fingerprint density at radius 2 is 1.84 bits per heavy atom. The van der Waals surface area contributed by atoms with Crippen LogP contribution in [-0.2, 0) is 6.54 Å². The monoisotopic (exact) mass is 495 g/mol. The maximum Gasteiger partial charge on any atom is 0.257 e. The lowest BCUT2D eigenvalue weighted by Crippen LogP contribution is -2.44. The summed E-state index contributed by atoms with van der Waals surface area (Å²) in [7, 11) is 0. The number of nitrogens with zero attached hydrogens (tertiary/aromatic N) is 5. The van der Waals surface area contributed by atoms with Gasteiger partial charge in [-0.15, -0.1) is 0 Å². The Balaban J connectivity index is 1.17. The van der Waals surface area contributed by atoms with Crippen molar-refractivity contribution < 1.29 is 9.18 Å². The van der Waals surface area contributed by atoms with E-state index in [0.717, 1.165) is 55.3 Å². The molecule has 4 aromatic rings. The van der Waals surface area contributed by atoms with E-state index in [0.29, 0.717) is 18.2 Å². The molecule has 3 aliphatic rings. The summed E-state index contributed by atoms with van der Waals surface area (Å²) in [6.45, 7) is 3.17. The number of fused-ring (bicyclic) bond motifs is 3. The first-order chi connectivity index (χ1) is 18.1. The van der Waals surface area contributed by atoms with E-state index in [-0.39, 0.29) is 17.5 Å². The predicted octanol–water partition coefficient (Wildman–Crippen LogP) is 5.15. The van der Waals surface area contributed by atoms with E-state index in [9.17, 15) is 9.18 Å². The van der Waals surface area contributed by atoms with Crippen LogP contribution >= 0.6 is 0 Å². The summed E-state index contributed by atoms with van der Waals surface area (Å²) in [6.07, 6.45) is 8.39. The molecule has 6 nitrogen and oxygen atoms in total. The van der Waals surface area contributed by atoms with Crippen molar-refractivity contribution in [1.29, 1.82) is 0 Å². The number of aromatic nitrogens is 3. The largest absolute Gasteiger partial charge is 0.334 e. The molecule has 2 saturated heterocycles. The molecule has 37 heavy (non-hydrogen) atoms. The number of halogens is 1. The number of imidazole rings is 1. The van der Waals surface area contributed by atoms with Crippen molar-refractivity contribution in [2.75, 3.05) is 19.6 Å². The number of carbonyl (C=O) groups excluding carboxylic acids is 1. The Morgan fingerprint density at radius 1 is 1.00 bits per heavy atom. The fourth-order valence-electron chi connectivity index (χ4n) is 6.19. The molecular formula is C30H30FN5O. The molecule has 1 amide bonds. The van der Waals surface area contributed by atoms with E-state index < -0.39 is 5.82 Å².